The Morgan fingerprint density at radius 3 is 1.00 bits per heavy atom. The van der Waals surface area contributed by atoms with Crippen LogP contribution in [0.4, 0.5) is 9.59 Å². The average Bonchev–Trinajstić information content (AvgIpc) is 2.53. The van der Waals surface area contributed by atoms with Crippen molar-refractivity contribution in [3.8, 4) is 0 Å². The van der Waals surface area contributed by atoms with Crippen LogP contribution in [0.2, 0.25) is 0 Å². The minimum absolute atomic E-state index is 0. The molecule has 0 heterocycles. The Balaban J connectivity index is -0.000000122. The van der Waals surface area contributed by atoms with Crippen LogP contribution in [-0.2, 0) is 10.1 Å². The van der Waals surface area contributed by atoms with E-state index in [1.165, 1.54) is 70.6 Å². The summed E-state index contributed by atoms with van der Waals surface area (Å²) in [6.45, 7) is 2.25. The molecule has 0 saturated heterocycles. The van der Waals surface area contributed by atoms with E-state index in [0.29, 0.717) is 6.42 Å². The quantitative estimate of drug-likeness (QED) is 0.127. The van der Waals surface area contributed by atoms with Gasteiger partial charge in [-0.1, -0.05) is 90.4 Å². The average molecular weight is 497 g/mol. The zero-order chi connectivity index (χ0) is 22.3. The predicted molar refractivity (Wildman–Crippen MR) is 101 cm³/mol. The van der Waals surface area contributed by atoms with Gasteiger partial charge in [-0.05, 0) is 6.42 Å². The third kappa shape index (κ3) is 80.1. The molecule has 0 atom stereocenters. The smallest absolute Gasteiger partial charge is 0.748 e. The molecule has 13 heteroatoms. The largest absolute Gasteiger partial charge is 1.00 e. The summed E-state index contributed by atoms with van der Waals surface area (Å²) in [4.78, 5) is 16.9. The molecule has 31 heavy (non-hydrogen) atoms. The summed E-state index contributed by atoms with van der Waals surface area (Å²) in [6, 6.07) is 0. The van der Waals surface area contributed by atoms with Gasteiger partial charge in [-0.2, -0.15) is 0 Å². The number of unbranched alkanes of at least 4 members (excludes halogenated alkanes) is 13. The van der Waals surface area contributed by atoms with E-state index in [2.05, 4.69) is 6.92 Å². The fraction of sp³-hybridized carbons (Fsp3) is 0.889. The van der Waals surface area contributed by atoms with E-state index in [-0.39, 0.29) is 94.4 Å². The van der Waals surface area contributed by atoms with Gasteiger partial charge in [0.2, 0.25) is 12.3 Å². The van der Waals surface area contributed by atoms with Crippen molar-refractivity contribution in [3.63, 3.8) is 0 Å². The Morgan fingerprint density at radius 2 is 0.806 bits per heavy atom. The van der Waals surface area contributed by atoms with Gasteiger partial charge < -0.3 is 34.6 Å². The summed E-state index contributed by atoms with van der Waals surface area (Å²) < 4.78 is 31.2. The van der Waals surface area contributed by atoms with E-state index < -0.39 is 22.4 Å². The predicted octanol–water partition coefficient (Wildman–Crippen LogP) is -6.20. The molecule has 2 N–H and O–H groups in total. The first kappa shape index (κ1) is 45.9. The van der Waals surface area contributed by atoms with Gasteiger partial charge >= 0.3 is 88.7 Å². The second kappa shape index (κ2) is 36.0. The van der Waals surface area contributed by atoms with Gasteiger partial charge in [0.05, 0.1) is 10.1 Å². The van der Waals surface area contributed by atoms with Crippen molar-refractivity contribution in [2.75, 3.05) is 5.75 Å². The summed E-state index contributed by atoms with van der Waals surface area (Å²) >= 11 is 0. The normalized spacial score (nSPS) is 9.23. The Kier molecular flexibility index (Phi) is 53.3. The summed E-state index contributed by atoms with van der Waals surface area (Å²) in [7, 11) is -3.99. The van der Waals surface area contributed by atoms with Crippen LogP contribution in [0.15, 0.2) is 0 Å². The Hall–Kier alpha value is 1.45. The van der Waals surface area contributed by atoms with Crippen LogP contribution >= 0.6 is 0 Å². The molecule has 0 aromatic heterocycles. The third-order valence-corrected chi connectivity index (χ3v) is 4.54. The van der Waals surface area contributed by atoms with E-state index in [1.807, 2.05) is 0 Å². The fourth-order valence-electron chi connectivity index (χ4n) is 2.47. The minimum atomic E-state index is -3.99. The molecule has 0 spiro atoms. The van der Waals surface area contributed by atoms with E-state index in [0.717, 1.165) is 12.8 Å². The number of hydrogen-bond acceptors (Lipinski definition) is 7. The molecule has 0 aliphatic rings. The molecule has 0 aliphatic carbocycles. The molecule has 170 valence electrons. The zero-order valence-corrected chi connectivity index (χ0v) is 26.6. The molecule has 0 aliphatic heterocycles. The van der Waals surface area contributed by atoms with Crippen molar-refractivity contribution < 1.29 is 132 Å². The third-order valence-electron chi connectivity index (χ3n) is 3.75. The molecule has 0 bridgehead atoms. The Bertz CT molecular complexity index is 444. The fourth-order valence-corrected chi connectivity index (χ4v) is 3.03. The molecule has 0 aromatic rings. The van der Waals surface area contributed by atoms with E-state index >= 15 is 0 Å². The maximum absolute atomic E-state index is 10.4. The van der Waals surface area contributed by atoms with E-state index in [4.69, 9.17) is 30.0 Å². The van der Waals surface area contributed by atoms with Gasteiger partial charge in [0.15, 0.2) is 0 Å². The topological polar surface area (TPSA) is 178 Å². The summed E-state index contributed by atoms with van der Waals surface area (Å²) in [5, 5.41) is 30.6. The zero-order valence-electron chi connectivity index (χ0n) is 19.8. The molecule has 0 saturated carbocycles. The van der Waals surface area contributed by atoms with E-state index in [1.54, 1.807) is 0 Å². The first-order chi connectivity index (χ1) is 13.0. The van der Waals surface area contributed by atoms with Crippen molar-refractivity contribution in [2.24, 2.45) is 0 Å². The molecule has 0 fully saturated rings. The number of carbonyl (C=O) groups is 2. The van der Waals surface area contributed by atoms with Gasteiger partial charge in [-0.15, -0.1) is 0 Å². The van der Waals surface area contributed by atoms with Crippen molar-refractivity contribution in [1.29, 1.82) is 0 Å². The van der Waals surface area contributed by atoms with Crippen LogP contribution in [0.5, 0.6) is 0 Å². The van der Waals surface area contributed by atoms with Crippen molar-refractivity contribution in [3.05, 3.63) is 0 Å². The number of carboxylic acid groups (broad SMARTS) is 4. The molecule has 0 aromatic carbocycles. The van der Waals surface area contributed by atoms with Crippen LogP contribution in [0.25, 0.3) is 0 Å². The van der Waals surface area contributed by atoms with Gasteiger partial charge in [-0.3, -0.25) is 0 Å². The van der Waals surface area contributed by atoms with Crippen LogP contribution in [0.1, 0.15) is 96.8 Å². The molecular weight excluding hydrogens is 461 g/mol. The number of hydrogen-bond donors (Lipinski definition) is 2. The Morgan fingerprint density at radius 1 is 0.613 bits per heavy atom. The summed E-state index contributed by atoms with van der Waals surface area (Å²) in [5.41, 5.74) is 0. The minimum Gasteiger partial charge on any atom is -0.748 e. The standard InChI is InChI=1S/C16H34O3S.2CH2O3.3Na/c1-2-3-4-5-6-7-8-9-10-11-12-13-14-15-16-20(17,18)19;2*2-1(3)4;;;/h2-16H2,1H3,(H,17,18,19);2*(H2,2,3,4);;;/q;;;3*+1/p-3. The molecule has 0 rings (SSSR count). The molecule has 0 unspecified atom stereocenters. The summed E-state index contributed by atoms with van der Waals surface area (Å²) in [5.74, 6) is -0.189. The first-order valence-corrected chi connectivity index (χ1v) is 11.3. The Labute approximate surface area is 253 Å². The maximum atomic E-state index is 10.4. The van der Waals surface area contributed by atoms with E-state index in [9.17, 15) is 13.0 Å². The molecule has 9 nitrogen and oxygen atoms in total. The van der Waals surface area contributed by atoms with Gasteiger partial charge in [0, 0.05) is 5.75 Å². The maximum Gasteiger partial charge on any atom is 1.00 e. The van der Waals surface area contributed by atoms with Crippen molar-refractivity contribution in [2.45, 2.75) is 96.8 Å². The van der Waals surface area contributed by atoms with Crippen molar-refractivity contribution in [1.82, 2.24) is 0 Å². The van der Waals surface area contributed by atoms with Crippen molar-refractivity contribution >= 4 is 22.4 Å². The SMILES string of the molecule is CCCCCCCCCCCCCCCCS(=O)(=O)[O-].O=C([O-])O.O=C([O-])O.[Na+].[Na+].[Na+]. The van der Waals surface area contributed by atoms with Crippen LogP contribution in [-0.4, -0.2) is 41.2 Å². The monoisotopic (exact) mass is 496 g/mol. The van der Waals surface area contributed by atoms with Crippen LogP contribution < -0.4 is 98.9 Å². The van der Waals surface area contributed by atoms with Gasteiger partial charge in [0.25, 0.3) is 0 Å². The van der Waals surface area contributed by atoms with Gasteiger partial charge in [0.1, 0.15) is 0 Å². The first-order valence-electron chi connectivity index (χ1n) is 9.76. The van der Waals surface area contributed by atoms with Crippen LogP contribution in [0, 0.1) is 0 Å². The number of rotatable bonds is 15. The molecule has 0 amide bonds. The second-order valence-corrected chi connectivity index (χ2v) is 7.91. The molecule has 0 radical (unpaired) electrons. The second-order valence-electron chi connectivity index (χ2n) is 6.39. The van der Waals surface area contributed by atoms with Gasteiger partial charge in [-0.25, -0.2) is 8.42 Å². The summed E-state index contributed by atoms with van der Waals surface area (Å²) in [6.07, 6.45) is 13.0. The van der Waals surface area contributed by atoms with Crippen LogP contribution in [0.3, 0.4) is 0 Å². The molecular formula is C18H35Na3O9S.